The Bertz CT molecular complexity index is 530. The van der Waals surface area contributed by atoms with Gasteiger partial charge in [0.25, 0.3) is 0 Å². The van der Waals surface area contributed by atoms with Crippen molar-refractivity contribution in [3.05, 3.63) is 59.7 Å². The van der Waals surface area contributed by atoms with Crippen molar-refractivity contribution in [1.29, 1.82) is 0 Å². The van der Waals surface area contributed by atoms with Gasteiger partial charge < -0.3 is 0 Å². The monoisotopic (exact) mass is 206 g/mol. The number of aryl methyl sites for hydroxylation is 1. The molecule has 16 heavy (non-hydrogen) atoms. The summed E-state index contributed by atoms with van der Waals surface area (Å²) < 4.78 is 0. The van der Waals surface area contributed by atoms with Crippen molar-refractivity contribution in [3.8, 4) is 23.5 Å². The van der Waals surface area contributed by atoms with E-state index < -0.39 is 0 Å². The minimum Gasteiger partial charge on any atom is -0.120 e. The molecule has 0 saturated heterocycles. The van der Waals surface area contributed by atoms with Crippen LogP contribution < -0.4 is 0 Å². The van der Waals surface area contributed by atoms with Gasteiger partial charge in [-0.1, -0.05) is 48.5 Å². The van der Waals surface area contributed by atoms with Crippen LogP contribution in [0.15, 0.2) is 48.5 Å². The maximum atomic E-state index is 5.33. The Hall–Kier alpha value is -2.00. The topological polar surface area (TPSA) is 0 Å². The number of hydrogen-bond acceptors (Lipinski definition) is 0. The first-order valence-corrected chi connectivity index (χ1v) is 5.39. The molecule has 2 aromatic carbocycles. The molecule has 0 aliphatic carbocycles. The second-order valence-corrected chi connectivity index (χ2v) is 3.90. The quantitative estimate of drug-likeness (QED) is 0.655. The Kier molecular flexibility index (Phi) is 3.08. The maximum absolute atomic E-state index is 5.33. The Morgan fingerprint density at radius 2 is 1.88 bits per heavy atom. The highest BCUT2D eigenvalue weighted by atomic mass is 14.1. The summed E-state index contributed by atoms with van der Waals surface area (Å²) >= 11 is 0. The zero-order valence-corrected chi connectivity index (χ0v) is 9.40. The fourth-order valence-corrected chi connectivity index (χ4v) is 1.86. The number of hydrogen-bond donors (Lipinski definition) is 0. The molecule has 0 heterocycles. The third kappa shape index (κ3) is 2.15. The second-order valence-electron chi connectivity index (χ2n) is 3.90. The van der Waals surface area contributed by atoms with Crippen molar-refractivity contribution >= 4 is 0 Å². The number of terminal acetylenes is 1. The molecule has 0 heteroatoms. The molecule has 0 aliphatic heterocycles. The first kappa shape index (κ1) is 10.5. The predicted octanol–water partition coefficient (Wildman–Crippen LogP) is 3.84. The summed E-state index contributed by atoms with van der Waals surface area (Å²) in [5.74, 6) is 2.68. The second kappa shape index (κ2) is 4.68. The average molecular weight is 206 g/mol. The molecular weight excluding hydrogens is 192 g/mol. The summed E-state index contributed by atoms with van der Waals surface area (Å²) in [4.78, 5) is 0. The lowest BCUT2D eigenvalue weighted by atomic mass is 9.98. The van der Waals surface area contributed by atoms with Gasteiger partial charge in [0.2, 0.25) is 0 Å². The van der Waals surface area contributed by atoms with Gasteiger partial charge in [-0.3, -0.25) is 0 Å². The van der Waals surface area contributed by atoms with E-state index in [1.54, 1.807) is 0 Å². The molecule has 78 valence electrons. The zero-order chi connectivity index (χ0) is 11.4. The molecule has 0 atom stereocenters. The van der Waals surface area contributed by atoms with Crippen LogP contribution in [0, 0.1) is 19.3 Å². The van der Waals surface area contributed by atoms with E-state index in [2.05, 4.69) is 61.4 Å². The Morgan fingerprint density at radius 1 is 1.06 bits per heavy atom. The molecule has 0 radical (unpaired) electrons. The minimum absolute atomic E-state index is 0.694. The third-order valence-electron chi connectivity index (χ3n) is 2.69. The SMILES string of the molecule is C#CCc1cccc(-c2ccccc2C)c1. The van der Waals surface area contributed by atoms with Gasteiger partial charge in [-0.05, 0) is 29.2 Å². The first-order chi connectivity index (χ1) is 7.81. The van der Waals surface area contributed by atoms with E-state index in [0.717, 1.165) is 0 Å². The first-order valence-electron chi connectivity index (χ1n) is 5.39. The van der Waals surface area contributed by atoms with Crippen LogP contribution in [-0.2, 0) is 6.42 Å². The summed E-state index contributed by atoms with van der Waals surface area (Å²) in [6, 6.07) is 16.8. The largest absolute Gasteiger partial charge is 0.120 e. The molecular formula is C16H14. The van der Waals surface area contributed by atoms with E-state index in [1.807, 2.05) is 0 Å². The van der Waals surface area contributed by atoms with Gasteiger partial charge in [-0.2, -0.15) is 0 Å². The van der Waals surface area contributed by atoms with Crippen molar-refractivity contribution < 1.29 is 0 Å². The van der Waals surface area contributed by atoms with E-state index >= 15 is 0 Å². The third-order valence-corrected chi connectivity index (χ3v) is 2.69. The molecule has 0 aliphatic rings. The summed E-state index contributed by atoms with van der Waals surface area (Å²) in [7, 11) is 0. The standard InChI is InChI=1S/C16H14/c1-3-7-14-9-6-10-15(12-14)16-11-5-4-8-13(16)2/h1,4-6,8-12H,7H2,2H3. The molecule has 0 amide bonds. The van der Waals surface area contributed by atoms with Crippen molar-refractivity contribution in [2.75, 3.05) is 0 Å². The molecule has 0 spiro atoms. The van der Waals surface area contributed by atoms with Crippen LogP contribution >= 0.6 is 0 Å². The molecule has 0 nitrogen and oxygen atoms in total. The highest BCUT2D eigenvalue weighted by Crippen LogP contribution is 2.23. The summed E-state index contributed by atoms with van der Waals surface area (Å²) in [5, 5.41) is 0. The van der Waals surface area contributed by atoms with E-state index in [0.29, 0.717) is 6.42 Å². The highest BCUT2D eigenvalue weighted by Gasteiger charge is 2.01. The Morgan fingerprint density at radius 3 is 2.62 bits per heavy atom. The van der Waals surface area contributed by atoms with Gasteiger partial charge in [0.1, 0.15) is 0 Å². The van der Waals surface area contributed by atoms with Crippen molar-refractivity contribution in [2.24, 2.45) is 0 Å². The van der Waals surface area contributed by atoms with Crippen LogP contribution in [0.4, 0.5) is 0 Å². The molecule has 0 saturated carbocycles. The van der Waals surface area contributed by atoms with Gasteiger partial charge in [-0.25, -0.2) is 0 Å². The average Bonchev–Trinajstić information content (AvgIpc) is 2.30. The lowest BCUT2D eigenvalue weighted by Gasteiger charge is -2.06. The lowest BCUT2D eigenvalue weighted by Crippen LogP contribution is -1.85. The molecule has 0 N–H and O–H groups in total. The molecule has 0 fully saturated rings. The van der Waals surface area contributed by atoms with Crippen LogP contribution in [0.1, 0.15) is 11.1 Å². The molecule has 2 aromatic rings. The fourth-order valence-electron chi connectivity index (χ4n) is 1.86. The van der Waals surface area contributed by atoms with Gasteiger partial charge in [-0.15, -0.1) is 12.3 Å². The van der Waals surface area contributed by atoms with E-state index in [9.17, 15) is 0 Å². The Balaban J connectivity index is 2.45. The normalized spacial score (nSPS) is 9.75. The minimum atomic E-state index is 0.694. The van der Waals surface area contributed by atoms with Crippen molar-refractivity contribution in [1.82, 2.24) is 0 Å². The van der Waals surface area contributed by atoms with Crippen LogP contribution in [0.2, 0.25) is 0 Å². The van der Waals surface area contributed by atoms with Gasteiger partial charge in [0.05, 0.1) is 0 Å². The predicted molar refractivity (Wildman–Crippen MR) is 69.2 cm³/mol. The smallest absolute Gasteiger partial charge is 0.0337 e. The number of benzene rings is 2. The fraction of sp³-hybridized carbons (Fsp3) is 0.125. The summed E-state index contributed by atoms with van der Waals surface area (Å²) in [6.45, 7) is 2.13. The van der Waals surface area contributed by atoms with Crippen molar-refractivity contribution in [2.45, 2.75) is 13.3 Å². The lowest BCUT2D eigenvalue weighted by molar-refractivity contribution is 1.32. The van der Waals surface area contributed by atoms with E-state index in [1.165, 1.54) is 22.3 Å². The van der Waals surface area contributed by atoms with Crippen molar-refractivity contribution in [3.63, 3.8) is 0 Å². The van der Waals surface area contributed by atoms with Gasteiger partial charge in [0.15, 0.2) is 0 Å². The Labute approximate surface area is 96.9 Å². The number of rotatable bonds is 2. The van der Waals surface area contributed by atoms with Crippen LogP contribution in [0.5, 0.6) is 0 Å². The highest BCUT2D eigenvalue weighted by molar-refractivity contribution is 5.67. The molecule has 0 unspecified atom stereocenters. The van der Waals surface area contributed by atoms with Gasteiger partial charge >= 0.3 is 0 Å². The summed E-state index contributed by atoms with van der Waals surface area (Å²) in [6.07, 6.45) is 6.02. The van der Waals surface area contributed by atoms with Crippen LogP contribution in [0.3, 0.4) is 0 Å². The zero-order valence-electron chi connectivity index (χ0n) is 9.40. The molecule has 2 rings (SSSR count). The maximum Gasteiger partial charge on any atom is 0.0337 e. The molecule has 0 aromatic heterocycles. The summed E-state index contributed by atoms with van der Waals surface area (Å²) in [5.41, 5.74) is 5.01. The van der Waals surface area contributed by atoms with E-state index in [-0.39, 0.29) is 0 Å². The van der Waals surface area contributed by atoms with E-state index in [4.69, 9.17) is 6.42 Å². The molecule has 0 bridgehead atoms. The van der Waals surface area contributed by atoms with Crippen LogP contribution in [0.25, 0.3) is 11.1 Å². The van der Waals surface area contributed by atoms with Gasteiger partial charge in [0, 0.05) is 6.42 Å². The van der Waals surface area contributed by atoms with Crippen LogP contribution in [-0.4, -0.2) is 0 Å².